The number of methoxy groups -OCH3 is 2. The highest BCUT2D eigenvalue weighted by atomic mass is 16.5. The summed E-state index contributed by atoms with van der Waals surface area (Å²) in [5, 5.41) is 0.977. The van der Waals surface area contributed by atoms with Crippen molar-refractivity contribution in [2.24, 2.45) is 0 Å². The molecule has 0 saturated heterocycles. The molecule has 2 aromatic carbocycles. The SMILES string of the molecule is COc1ccc(CC[NH+]2COc3ccc4c(C)c(C)c(=O)oc4c3C2)cc1OC. The summed E-state index contributed by atoms with van der Waals surface area (Å²) in [6, 6.07) is 9.96. The smallest absolute Gasteiger partial charge is 0.339 e. The average Bonchev–Trinajstić information content (AvgIpc) is 2.75. The third-order valence-electron chi connectivity index (χ3n) is 5.76. The molecular formula is C23H26NO5+. The summed E-state index contributed by atoms with van der Waals surface area (Å²) in [5.74, 6) is 2.27. The van der Waals surface area contributed by atoms with Crippen LogP contribution in [0.3, 0.4) is 0 Å². The quantitative estimate of drug-likeness (QED) is 0.671. The van der Waals surface area contributed by atoms with Crippen molar-refractivity contribution in [3.63, 3.8) is 0 Å². The first kappa shape index (κ1) is 19.3. The number of benzene rings is 2. The third kappa shape index (κ3) is 3.56. The van der Waals surface area contributed by atoms with E-state index in [2.05, 4.69) is 6.07 Å². The molecular weight excluding hydrogens is 370 g/mol. The Morgan fingerprint density at radius 3 is 2.59 bits per heavy atom. The summed E-state index contributed by atoms with van der Waals surface area (Å²) in [7, 11) is 3.28. The summed E-state index contributed by atoms with van der Waals surface area (Å²) in [4.78, 5) is 13.5. The van der Waals surface area contributed by atoms with Crippen molar-refractivity contribution in [3.05, 3.63) is 63.0 Å². The summed E-state index contributed by atoms with van der Waals surface area (Å²) in [5.41, 5.74) is 4.15. The van der Waals surface area contributed by atoms with Crippen molar-refractivity contribution in [2.45, 2.75) is 26.8 Å². The molecule has 1 aliphatic heterocycles. The van der Waals surface area contributed by atoms with E-state index in [-0.39, 0.29) is 5.63 Å². The predicted octanol–water partition coefficient (Wildman–Crippen LogP) is 2.40. The lowest BCUT2D eigenvalue weighted by molar-refractivity contribution is -0.932. The molecule has 0 radical (unpaired) electrons. The van der Waals surface area contributed by atoms with E-state index < -0.39 is 0 Å². The molecule has 0 fully saturated rings. The van der Waals surface area contributed by atoms with Crippen molar-refractivity contribution in [2.75, 3.05) is 27.5 Å². The fourth-order valence-corrected chi connectivity index (χ4v) is 3.85. The first-order valence-electron chi connectivity index (χ1n) is 9.75. The maximum atomic E-state index is 12.2. The molecule has 1 aliphatic rings. The van der Waals surface area contributed by atoms with E-state index in [9.17, 15) is 4.79 Å². The van der Waals surface area contributed by atoms with Gasteiger partial charge in [-0.25, -0.2) is 4.79 Å². The molecule has 1 aromatic heterocycles. The Morgan fingerprint density at radius 1 is 1.03 bits per heavy atom. The van der Waals surface area contributed by atoms with Crippen LogP contribution in [-0.4, -0.2) is 27.5 Å². The van der Waals surface area contributed by atoms with E-state index in [0.717, 1.165) is 53.3 Å². The molecule has 29 heavy (non-hydrogen) atoms. The number of hydrogen-bond acceptors (Lipinski definition) is 5. The van der Waals surface area contributed by atoms with Gasteiger partial charge in [-0.1, -0.05) is 6.07 Å². The molecule has 0 amide bonds. The van der Waals surface area contributed by atoms with Gasteiger partial charge in [0.05, 0.1) is 26.3 Å². The first-order chi connectivity index (χ1) is 14.0. The second-order valence-electron chi connectivity index (χ2n) is 7.46. The number of rotatable bonds is 5. The van der Waals surface area contributed by atoms with Gasteiger partial charge in [-0.05, 0) is 49.2 Å². The number of ether oxygens (including phenoxy) is 3. The molecule has 0 saturated carbocycles. The molecule has 1 atom stereocenters. The predicted molar refractivity (Wildman–Crippen MR) is 110 cm³/mol. The normalized spacial score (nSPS) is 15.7. The third-order valence-corrected chi connectivity index (χ3v) is 5.76. The van der Waals surface area contributed by atoms with E-state index in [4.69, 9.17) is 18.6 Å². The molecule has 2 heterocycles. The lowest BCUT2D eigenvalue weighted by Gasteiger charge is -2.26. The molecule has 1 unspecified atom stereocenters. The monoisotopic (exact) mass is 396 g/mol. The molecule has 1 N–H and O–H groups in total. The summed E-state index contributed by atoms with van der Waals surface area (Å²) < 4.78 is 22.3. The Hall–Kier alpha value is -2.99. The summed E-state index contributed by atoms with van der Waals surface area (Å²) >= 11 is 0. The molecule has 0 spiro atoms. The number of nitrogens with one attached hydrogen (secondary N) is 1. The topological polar surface area (TPSA) is 62.3 Å². The van der Waals surface area contributed by atoms with Crippen LogP contribution in [0.1, 0.15) is 22.3 Å². The lowest BCUT2D eigenvalue weighted by atomic mass is 10.0. The van der Waals surface area contributed by atoms with Gasteiger partial charge in [0.25, 0.3) is 0 Å². The second kappa shape index (κ2) is 7.79. The fraction of sp³-hybridized carbons (Fsp3) is 0.348. The van der Waals surface area contributed by atoms with Gasteiger partial charge in [-0.15, -0.1) is 0 Å². The second-order valence-corrected chi connectivity index (χ2v) is 7.46. The fourth-order valence-electron chi connectivity index (χ4n) is 3.85. The van der Waals surface area contributed by atoms with Gasteiger partial charge in [0.1, 0.15) is 12.3 Å². The van der Waals surface area contributed by atoms with Crippen LogP contribution in [0, 0.1) is 13.8 Å². The van der Waals surface area contributed by atoms with Crippen molar-refractivity contribution in [1.82, 2.24) is 0 Å². The number of fused-ring (bicyclic) bond motifs is 3. The summed E-state index contributed by atoms with van der Waals surface area (Å²) in [6.07, 6.45) is 0.876. The first-order valence-corrected chi connectivity index (χ1v) is 9.75. The van der Waals surface area contributed by atoms with Crippen LogP contribution >= 0.6 is 0 Å². The Bertz CT molecular complexity index is 1120. The largest absolute Gasteiger partial charge is 0.493 e. The van der Waals surface area contributed by atoms with Crippen LogP contribution in [-0.2, 0) is 13.0 Å². The van der Waals surface area contributed by atoms with Gasteiger partial charge in [-0.2, -0.15) is 0 Å². The zero-order chi connectivity index (χ0) is 20.5. The standard InChI is InChI=1S/C23H25NO5/c1-14-15(2)23(25)29-22-17(14)6-8-19-18(22)12-24(13-28-19)10-9-16-5-7-20(26-3)21(11-16)27-4/h5-8,11H,9-10,12-13H2,1-4H3/p+1. The Balaban J connectivity index is 1.56. The Kier molecular flexibility index (Phi) is 5.20. The van der Waals surface area contributed by atoms with Crippen LogP contribution in [0.25, 0.3) is 11.0 Å². The van der Waals surface area contributed by atoms with Gasteiger partial charge in [0, 0.05) is 17.4 Å². The van der Waals surface area contributed by atoms with E-state index in [0.29, 0.717) is 17.9 Å². The van der Waals surface area contributed by atoms with Crippen molar-refractivity contribution in [1.29, 1.82) is 0 Å². The van der Waals surface area contributed by atoms with E-state index in [1.54, 1.807) is 21.1 Å². The molecule has 0 aliphatic carbocycles. The molecule has 0 bridgehead atoms. The van der Waals surface area contributed by atoms with Crippen LogP contribution < -0.4 is 24.7 Å². The average molecular weight is 396 g/mol. The van der Waals surface area contributed by atoms with E-state index >= 15 is 0 Å². The van der Waals surface area contributed by atoms with E-state index in [1.807, 2.05) is 31.2 Å². The van der Waals surface area contributed by atoms with Gasteiger partial charge < -0.3 is 18.6 Å². The molecule has 4 rings (SSSR count). The van der Waals surface area contributed by atoms with Gasteiger partial charge in [0.15, 0.2) is 17.1 Å². The highest BCUT2D eigenvalue weighted by Crippen LogP contribution is 2.31. The maximum Gasteiger partial charge on any atom is 0.339 e. The summed E-state index contributed by atoms with van der Waals surface area (Å²) in [6.45, 7) is 6.00. The highest BCUT2D eigenvalue weighted by molar-refractivity contribution is 5.85. The highest BCUT2D eigenvalue weighted by Gasteiger charge is 2.25. The Labute approximate surface area is 169 Å². The van der Waals surface area contributed by atoms with Gasteiger partial charge >= 0.3 is 5.63 Å². The molecule has 152 valence electrons. The van der Waals surface area contributed by atoms with Crippen molar-refractivity contribution >= 4 is 11.0 Å². The van der Waals surface area contributed by atoms with Crippen LogP contribution in [0.5, 0.6) is 17.2 Å². The van der Waals surface area contributed by atoms with Crippen molar-refractivity contribution < 1.29 is 23.5 Å². The minimum Gasteiger partial charge on any atom is -0.493 e. The molecule has 6 nitrogen and oxygen atoms in total. The lowest BCUT2D eigenvalue weighted by Crippen LogP contribution is -3.12. The van der Waals surface area contributed by atoms with E-state index in [1.165, 1.54) is 10.5 Å². The van der Waals surface area contributed by atoms with Gasteiger partial charge in [0.2, 0.25) is 6.73 Å². The maximum absolute atomic E-state index is 12.2. The van der Waals surface area contributed by atoms with Crippen LogP contribution in [0.2, 0.25) is 0 Å². The van der Waals surface area contributed by atoms with Crippen LogP contribution in [0.4, 0.5) is 0 Å². The Morgan fingerprint density at radius 2 is 1.83 bits per heavy atom. The van der Waals surface area contributed by atoms with Crippen molar-refractivity contribution in [3.8, 4) is 17.2 Å². The zero-order valence-corrected chi connectivity index (χ0v) is 17.3. The number of quaternary nitrogens is 1. The van der Waals surface area contributed by atoms with Crippen LogP contribution in [0.15, 0.2) is 39.5 Å². The number of hydrogen-bond donors (Lipinski definition) is 1. The molecule has 6 heteroatoms. The zero-order valence-electron chi connectivity index (χ0n) is 17.3. The minimum absolute atomic E-state index is 0.277. The minimum atomic E-state index is -0.277. The van der Waals surface area contributed by atoms with Gasteiger partial charge in [-0.3, -0.25) is 4.90 Å². The number of aryl methyl sites for hydroxylation is 1. The molecule has 3 aromatic rings.